The quantitative estimate of drug-likeness (QED) is 0.537. The third-order valence-electron chi connectivity index (χ3n) is 6.29. The lowest BCUT2D eigenvalue weighted by Gasteiger charge is -2.29. The van der Waals surface area contributed by atoms with Crippen molar-refractivity contribution in [1.29, 1.82) is 0 Å². The zero-order valence-electron chi connectivity index (χ0n) is 17.6. The minimum atomic E-state index is -0.215. The summed E-state index contributed by atoms with van der Waals surface area (Å²) in [5, 5.41) is 9.72. The first-order valence-electron chi connectivity index (χ1n) is 11.0. The Kier molecular flexibility index (Phi) is 4.81. The molecule has 4 aromatic rings. The monoisotopic (exact) mass is 428 g/mol. The van der Waals surface area contributed by atoms with Crippen LogP contribution in [-0.4, -0.2) is 55.4 Å². The maximum atomic E-state index is 9.72. The third kappa shape index (κ3) is 3.41. The Balaban J connectivity index is 1.35. The van der Waals surface area contributed by atoms with Crippen molar-refractivity contribution in [2.24, 2.45) is 0 Å². The lowest BCUT2D eigenvalue weighted by atomic mass is 10.1. The normalized spacial score (nSPS) is 19.3. The van der Waals surface area contributed by atoms with Crippen LogP contribution in [0.5, 0.6) is 0 Å². The van der Waals surface area contributed by atoms with E-state index in [2.05, 4.69) is 31.6 Å². The summed E-state index contributed by atoms with van der Waals surface area (Å²) in [4.78, 5) is 21.0. The van der Waals surface area contributed by atoms with E-state index in [-0.39, 0.29) is 12.1 Å². The average Bonchev–Trinajstić information content (AvgIpc) is 3.23. The van der Waals surface area contributed by atoms with Crippen LogP contribution >= 0.6 is 0 Å². The van der Waals surface area contributed by atoms with Crippen LogP contribution in [-0.2, 0) is 11.3 Å². The molecule has 8 nitrogen and oxygen atoms in total. The summed E-state index contributed by atoms with van der Waals surface area (Å²) in [7, 11) is 0. The number of imidazole rings is 1. The number of piperidine rings is 1. The lowest BCUT2D eigenvalue weighted by Crippen LogP contribution is -2.36. The minimum Gasteiger partial charge on any atom is -0.393 e. The molecule has 1 aromatic carbocycles. The van der Waals surface area contributed by atoms with Crippen LogP contribution in [0.25, 0.3) is 22.4 Å². The van der Waals surface area contributed by atoms with E-state index in [0.717, 1.165) is 54.2 Å². The fraction of sp³-hybridized carbons (Fsp3) is 0.333. The van der Waals surface area contributed by atoms with Gasteiger partial charge in [0.2, 0.25) is 5.95 Å². The molecule has 0 spiro atoms. The van der Waals surface area contributed by atoms with Gasteiger partial charge in [0.15, 0.2) is 5.65 Å². The van der Waals surface area contributed by atoms with Gasteiger partial charge in [0.1, 0.15) is 17.9 Å². The van der Waals surface area contributed by atoms with E-state index in [1.807, 2.05) is 42.7 Å². The molecule has 0 saturated carbocycles. The molecule has 5 heterocycles. The second kappa shape index (κ2) is 7.96. The Bertz CT molecular complexity index is 1230. The van der Waals surface area contributed by atoms with Gasteiger partial charge in [0.25, 0.3) is 0 Å². The highest BCUT2D eigenvalue weighted by Gasteiger charge is 2.26. The number of ether oxygens (including phenoxy) is 1. The van der Waals surface area contributed by atoms with E-state index < -0.39 is 0 Å². The average molecular weight is 428 g/mol. The van der Waals surface area contributed by atoms with Crippen LogP contribution in [0.3, 0.4) is 0 Å². The molecule has 6 rings (SSSR count). The van der Waals surface area contributed by atoms with Gasteiger partial charge < -0.3 is 19.3 Å². The Hall–Kier alpha value is -3.36. The van der Waals surface area contributed by atoms with Crippen LogP contribution in [0.15, 0.2) is 54.9 Å². The number of aliphatic hydroxyl groups is 1. The number of aromatic nitrogens is 5. The van der Waals surface area contributed by atoms with Gasteiger partial charge in [-0.2, -0.15) is 0 Å². The van der Waals surface area contributed by atoms with Gasteiger partial charge in [0, 0.05) is 31.0 Å². The van der Waals surface area contributed by atoms with E-state index >= 15 is 0 Å². The first-order valence-corrected chi connectivity index (χ1v) is 11.0. The SMILES string of the molecule is OC1CCN(c2ncc(-c3ccc4nc5n(c4n3)[C@@H](c3ccccc3)COC5)cn2)CC1. The summed E-state index contributed by atoms with van der Waals surface area (Å²) in [5.41, 5.74) is 4.58. The highest BCUT2D eigenvalue weighted by Crippen LogP contribution is 2.31. The van der Waals surface area contributed by atoms with Gasteiger partial charge in [-0.25, -0.2) is 19.9 Å². The van der Waals surface area contributed by atoms with Gasteiger partial charge in [-0.05, 0) is 30.5 Å². The molecular weight excluding hydrogens is 404 g/mol. The van der Waals surface area contributed by atoms with E-state index in [1.165, 1.54) is 5.56 Å². The van der Waals surface area contributed by atoms with Gasteiger partial charge in [-0.3, -0.25) is 0 Å². The highest BCUT2D eigenvalue weighted by atomic mass is 16.5. The maximum absolute atomic E-state index is 9.72. The predicted molar refractivity (Wildman–Crippen MR) is 120 cm³/mol. The number of nitrogens with zero attached hydrogens (tertiary/aromatic N) is 6. The molecule has 8 heteroatoms. The summed E-state index contributed by atoms with van der Waals surface area (Å²) in [6, 6.07) is 14.4. The molecule has 2 aliphatic heterocycles. The second-order valence-corrected chi connectivity index (χ2v) is 8.37. The first kappa shape index (κ1) is 19.3. The third-order valence-corrected chi connectivity index (χ3v) is 6.29. The summed E-state index contributed by atoms with van der Waals surface area (Å²) < 4.78 is 8.03. The largest absolute Gasteiger partial charge is 0.393 e. The molecule has 0 unspecified atom stereocenters. The van der Waals surface area contributed by atoms with E-state index in [0.29, 0.717) is 19.2 Å². The van der Waals surface area contributed by atoms with Crippen molar-refractivity contribution < 1.29 is 9.84 Å². The molecule has 0 amide bonds. The number of fused-ring (bicyclic) bond motifs is 3. The second-order valence-electron chi connectivity index (χ2n) is 8.37. The first-order chi connectivity index (χ1) is 15.8. The lowest BCUT2D eigenvalue weighted by molar-refractivity contribution is 0.0677. The van der Waals surface area contributed by atoms with Crippen molar-refractivity contribution in [2.75, 3.05) is 24.6 Å². The molecular formula is C24H24N6O2. The van der Waals surface area contributed by atoms with Crippen molar-refractivity contribution in [2.45, 2.75) is 31.6 Å². The predicted octanol–water partition coefficient (Wildman–Crippen LogP) is 2.97. The fourth-order valence-electron chi connectivity index (χ4n) is 4.55. The molecule has 1 atom stereocenters. The van der Waals surface area contributed by atoms with E-state index in [9.17, 15) is 5.11 Å². The van der Waals surface area contributed by atoms with Gasteiger partial charge in [-0.1, -0.05) is 30.3 Å². The Morgan fingerprint density at radius 3 is 2.50 bits per heavy atom. The number of hydrogen-bond donors (Lipinski definition) is 1. The Morgan fingerprint density at radius 2 is 1.72 bits per heavy atom. The van der Waals surface area contributed by atoms with Crippen LogP contribution in [0.4, 0.5) is 5.95 Å². The van der Waals surface area contributed by atoms with Crippen LogP contribution < -0.4 is 4.90 Å². The summed E-state index contributed by atoms with van der Waals surface area (Å²) >= 11 is 0. The number of rotatable bonds is 3. The zero-order valence-corrected chi connectivity index (χ0v) is 17.6. The molecule has 1 saturated heterocycles. The molecule has 0 aliphatic carbocycles. The van der Waals surface area contributed by atoms with Crippen molar-refractivity contribution in [3.63, 3.8) is 0 Å². The van der Waals surface area contributed by atoms with Crippen LogP contribution in [0.1, 0.15) is 30.3 Å². The van der Waals surface area contributed by atoms with Crippen molar-refractivity contribution in [1.82, 2.24) is 24.5 Å². The minimum absolute atomic E-state index is 0.0424. The number of anilines is 1. The van der Waals surface area contributed by atoms with Crippen molar-refractivity contribution >= 4 is 17.1 Å². The van der Waals surface area contributed by atoms with Crippen LogP contribution in [0, 0.1) is 0 Å². The summed E-state index contributed by atoms with van der Waals surface area (Å²) in [6.45, 7) is 2.62. The molecule has 162 valence electrons. The van der Waals surface area contributed by atoms with Gasteiger partial charge in [0.05, 0.1) is 24.4 Å². The number of hydrogen-bond acceptors (Lipinski definition) is 7. The molecule has 0 radical (unpaired) electrons. The summed E-state index contributed by atoms with van der Waals surface area (Å²) in [6.07, 6.45) is 4.94. The molecule has 1 N–H and O–H groups in total. The van der Waals surface area contributed by atoms with E-state index in [1.54, 1.807) is 0 Å². The fourth-order valence-corrected chi connectivity index (χ4v) is 4.55. The molecule has 2 aliphatic rings. The Labute approximate surface area is 185 Å². The van der Waals surface area contributed by atoms with E-state index in [4.69, 9.17) is 14.7 Å². The number of pyridine rings is 1. The van der Waals surface area contributed by atoms with Crippen molar-refractivity contribution in [3.05, 3.63) is 66.2 Å². The molecule has 3 aromatic heterocycles. The molecule has 32 heavy (non-hydrogen) atoms. The maximum Gasteiger partial charge on any atom is 0.225 e. The standard InChI is InChI=1S/C24H24N6O2/c31-18-8-10-29(11-9-18)24-25-12-17(13-26-24)19-6-7-20-23(28-19)30-21(14-32-15-22(30)27-20)16-4-2-1-3-5-16/h1-7,12-13,18,21,31H,8-11,14-15H2/t21-/m1/s1. The topological polar surface area (TPSA) is 89.2 Å². The Morgan fingerprint density at radius 1 is 0.938 bits per heavy atom. The molecule has 0 bridgehead atoms. The number of aliphatic hydroxyl groups excluding tert-OH is 1. The van der Waals surface area contributed by atoms with Gasteiger partial charge in [-0.15, -0.1) is 0 Å². The van der Waals surface area contributed by atoms with Crippen molar-refractivity contribution in [3.8, 4) is 11.3 Å². The molecule has 1 fully saturated rings. The zero-order chi connectivity index (χ0) is 21.5. The summed E-state index contributed by atoms with van der Waals surface area (Å²) in [5.74, 6) is 1.59. The van der Waals surface area contributed by atoms with Gasteiger partial charge >= 0.3 is 0 Å². The van der Waals surface area contributed by atoms with Crippen LogP contribution in [0.2, 0.25) is 0 Å². The smallest absolute Gasteiger partial charge is 0.225 e. The highest BCUT2D eigenvalue weighted by molar-refractivity contribution is 5.76. The number of benzene rings is 1.